The molecule has 2 nitrogen and oxygen atoms in total. The van der Waals surface area contributed by atoms with Gasteiger partial charge in [-0.1, -0.05) is 0 Å². The summed E-state index contributed by atoms with van der Waals surface area (Å²) in [6.07, 6.45) is -3.17. The summed E-state index contributed by atoms with van der Waals surface area (Å²) in [4.78, 5) is 0. The van der Waals surface area contributed by atoms with E-state index in [1.165, 1.54) is 0 Å². The highest BCUT2D eigenvalue weighted by molar-refractivity contribution is 7.84. The number of halogens is 3. The maximum Gasteiger partial charge on any atom is 0.405 e. The van der Waals surface area contributed by atoms with E-state index in [-0.39, 0.29) is 0 Å². The van der Waals surface area contributed by atoms with Crippen LogP contribution in [0.15, 0.2) is 0 Å². The van der Waals surface area contributed by atoms with E-state index in [9.17, 15) is 17.4 Å². The van der Waals surface area contributed by atoms with Crippen molar-refractivity contribution in [1.82, 2.24) is 4.72 Å². The van der Waals surface area contributed by atoms with Gasteiger partial charge in [-0.05, 0) is 39.5 Å². The Labute approximate surface area is 90.2 Å². The lowest BCUT2D eigenvalue weighted by atomic mass is 10.2. The molecule has 90 valence electrons. The lowest BCUT2D eigenvalue weighted by Crippen LogP contribution is -2.48. The van der Waals surface area contributed by atoms with Crippen LogP contribution in [0, 0.1) is 5.92 Å². The molecule has 0 radical (unpaired) electrons. The highest BCUT2D eigenvalue weighted by Crippen LogP contribution is 2.40. The molecular formula is C9H16F3NOS. The predicted molar refractivity (Wildman–Crippen MR) is 53.6 cm³/mol. The molecule has 1 fully saturated rings. The fraction of sp³-hybridized carbons (Fsp3) is 1.00. The molecule has 0 bridgehead atoms. The van der Waals surface area contributed by atoms with Crippen LogP contribution < -0.4 is 4.72 Å². The minimum absolute atomic E-state index is 0.392. The van der Waals surface area contributed by atoms with Gasteiger partial charge in [0.05, 0.1) is 15.7 Å². The average Bonchev–Trinajstić information content (AvgIpc) is 2.77. The standard InChI is InChI=1S/C9H16F3NOS/c1-8(2,3)15(14)13-7(6-4-5-6)9(10,11)12/h6-7,13H,4-5H2,1-3H3/t7?,15-/m0/s1. The van der Waals surface area contributed by atoms with Crippen LogP contribution in [-0.2, 0) is 11.0 Å². The first-order valence-electron chi connectivity index (χ1n) is 4.87. The number of alkyl halides is 3. The zero-order valence-electron chi connectivity index (χ0n) is 9.02. The smallest absolute Gasteiger partial charge is 0.242 e. The quantitative estimate of drug-likeness (QED) is 0.810. The van der Waals surface area contributed by atoms with E-state index in [4.69, 9.17) is 0 Å². The van der Waals surface area contributed by atoms with Crippen LogP contribution in [-0.4, -0.2) is 21.2 Å². The van der Waals surface area contributed by atoms with Crippen molar-refractivity contribution >= 4 is 11.0 Å². The highest BCUT2D eigenvalue weighted by atomic mass is 32.2. The molecule has 0 aromatic rings. The van der Waals surface area contributed by atoms with Gasteiger partial charge in [-0.15, -0.1) is 0 Å². The van der Waals surface area contributed by atoms with Crippen molar-refractivity contribution in [3.8, 4) is 0 Å². The first-order valence-corrected chi connectivity index (χ1v) is 6.02. The fourth-order valence-electron chi connectivity index (χ4n) is 1.15. The first-order chi connectivity index (χ1) is 6.62. The molecule has 1 saturated carbocycles. The zero-order valence-corrected chi connectivity index (χ0v) is 9.84. The summed E-state index contributed by atoms with van der Waals surface area (Å²) in [6, 6.07) is -1.61. The van der Waals surface area contributed by atoms with E-state index in [2.05, 4.69) is 4.72 Å². The monoisotopic (exact) mass is 243 g/mol. The van der Waals surface area contributed by atoms with Crippen molar-refractivity contribution in [1.29, 1.82) is 0 Å². The summed E-state index contributed by atoms with van der Waals surface area (Å²) in [5.41, 5.74) is 0. The second-order valence-electron chi connectivity index (χ2n) is 4.86. The third kappa shape index (κ3) is 3.75. The number of hydrogen-bond acceptors (Lipinski definition) is 1. The molecule has 1 rings (SSSR count). The van der Waals surface area contributed by atoms with Crippen LogP contribution in [0.2, 0.25) is 0 Å². The molecule has 1 aliphatic rings. The van der Waals surface area contributed by atoms with Crippen molar-refractivity contribution in [2.45, 2.75) is 50.6 Å². The molecule has 15 heavy (non-hydrogen) atoms. The Morgan fingerprint density at radius 3 is 2.00 bits per heavy atom. The lowest BCUT2D eigenvalue weighted by Gasteiger charge is -2.25. The molecule has 1 aliphatic carbocycles. The van der Waals surface area contributed by atoms with E-state index in [0.29, 0.717) is 12.8 Å². The van der Waals surface area contributed by atoms with Gasteiger partial charge >= 0.3 is 6.18 Å². The Bertz CT molecular complexity index is 255. The van der Waals surface area contributed by atoms with Crippen molar-refractivity contribution < 1.29 is 17.4 Å². The third-order valence-corrected chi connectivity index (χ3v) is 3.82. The van der Waals surface area contributed by atoms with Gasteiger partial charge < -0.3 is 0 Å². The molecular weight excluding hydrogens is 227 g/mol. The zero-order chi connectivity index (χ0) is 11.9. The second-order valence-corrected chi connectivity index (χ2v) is 6.85. The molecule has 0 aromatic heterocycles. The molecule has 0 amide bonds. The van der Waals surface area contributed by atoms with Crippen molar-refractivity contribution in [3.63, 3.8) is 0 Å². The van der Waals surface area contributed by atoms with Gasteiger partial charge in [-0.3, -0.25) is 0 Å². The normalized spacial score (nSPS) is 22.5. The summed E-state index contributed by atoms with van der Waals surface area (Å²) in [7, 11) is -1.66. The minimum Gasteiger partial charge on any atom is -0.242 e. The molecule has 0 spiro atoms. The van der Waals surface area contributed by atoms with E-state index in [1.807, 2.05) is 0 Å². The van der Waals surface area contributed by atoms with Gasteiger partial charge in [0.2, 0.25) is 0 Å². The molecule has 6 heteroatoms. The van der Waals surface area contributed by atoms with Crippen molar-refractivity contribution in [2.24, 2.45) is 5.92 Å². The highest BCUT2D eigenvalue weighted by Gasteiger charge is 2.50. The van der Waals surface area contributed by atoms with Crippen LogP contribution in [0.1, 0.15) is 33.6 Å². The Hall–Kier alpha value is -0.100. The summed E-state index contributed by atoms with van der Waals surface area (Å²) in [6.45, 7) is 4.95. The van der Waals surface area contributed by atoms with Gasteiger partial charge in [0.25, 0.3) is 0 Å². The van der Waals surface area contributed by atoms with Crippen molar-refractivity contribution in [2.75, 3.05) is 0 Å². The fourth-order valence-corrected chi connectivity index (χ4v) is 2.06. The van der Waals surface area contributed by atoms with Gasteiger partial charge in [0, 0.05) is 0 Å². The van der Waals surface area contributed by atoms with Crippen LogP contribution in [0.5, 0.6) is 0 Å². The van der Waals surface area contributed by atoms with Gasteiger partial charge in [-0.25, -0.2) is 8.93 Å². The summed E-state index contributed by atoms with van der Waals surface area (Å²) < 4.78 is 50.8. The molecule has 0 heterocycles. The summed E-state index contributed by atoms with van der Waals surface area (Å²) in [5, 5.41) is 0. The van der Waals surface area contributed by atoms with Crippen molar-refractivity contribution in [3.05, 3.63) is 0 Å². The topological polar surface area (TPSA) is 29.1 Å². The van der Waals surface area contributed by atoms with Gasteiger partial charge in [0.1, 0.15) is 6.04 Å². The van der Waals surface area contributed by atoms with E-state index < -0.39 is 33.9 Å². The third-order valence-electron chi connectivity index (χ3n) is 2.24. The second kappa shape index (κ2) is 4.05. The number of nitrogens with one attached hydrogen (secondary N) is 1. The molecule has 2 atom stereocenters. The van der Waals surface area contributed by atoms with Crippen LogP contribution in [0.25, 0.3) is 0 Å². The molecule has 1 unspecified atom stereocenters. The van der Waals surface area contributed by atoms with E-state index in [1.54, 1.807) is 20.8 Å². The summed E-state index contributed by atoms with van der Waals surface area (Å²) >= 11 is 0. The Kier molecular flexibility index (Phi) is 3.50. The van der Waals surface area contributed by atoms with Gasteiger partial charge in [0.15, 0.2) is 0 Å². The largest absolute Gasteiger partial charge is 0.405 e. The van der Waals surface area contributed by atoms with Crippen LogP contribution >= 0.6 is 0 Å². The maximum atomic E-state index is 12.6. The Balaban J connectivity index is 2.64. The van der Waals surface area contributed by atoms with Crippen LogP contribution in [0.3, 0.4) is 0 Å². The van der Waals surface area contributed by atoms with Crippen LogP contribution in [0.4, 0.5) is 13.2 Å². The summed E-state index contributed by atoms with van der Waals surface area (Å²) in [5.74, 6) is -0.392. The first kappa shape index (κ1) is 13.0. The minimum atomic E-state index is -4.30. The Morgan fingerprint density at radius 1 is 1.27 bits per heavy atom. The predicted octanol–water partition coefficient (Wildman–Crippen LogP) is 2.38. The SMILES string of the molecule is CC(C)(C)[S@](=O)NC(C1CC1)C(F)(F)F. The molecule has 0 aliphatic heterocycles. The number of rotatable bonds is 3. The van der Waals surface area contributed by atoms with E-state index in [0.717, 1.165) is 0 Å². The molecule has 0 aromatic carbocycles. The number of hydrogen-bond donors (Lipinski definition) is 1. The average molecular weight is 243 g/mol. The lowest BCUT2D eigenvalue weighted by molar-refractivity contribution is -0.155. The van der Waals surface area contributed by atoms with Gasteiger partial charge in [-0.2, -0.15) is 13.2 Å². The van der Waals surface area contributed by atoms with E-state index >= 15 is 0 Å². The Morgan fingerprint density at radius 2 is 1.73 bits per heavy atom. The molecule has 0 saturated heterocycles. The maximum absolute atomic E-state index is 12.6. The molecule has 1 N–H and O–H groups in total.